The number of benzene rings is 1. The van der Waals surface area contributed by atoms with Gasteiger partial charge in [-0.3, -0.25) is 4.79 Å². The first-order valence-electron chi connectivity index (χ1n) is 5.49. The van der Waals surface area contributed by atoms with Gasteiger partial charge in [0.15, 0.2) is 0 Å². The molecule has 1 aromatic rings. The fourth-order valence-electron chi connectivity index (χ4n) is 1.30. The molecule has 1 amide bonds. The second-order valence-electron chi connectivity index (χ2n) is 4.68. The Labute approximate surface area is 118 Å². The third kappa shape index (κ3) is 3.92. The molecule has 104 valence electrons. The predicted octanol–water partition coefficient (Wildman–Crippen LogP) is 2.09. The topological polar surface area (TPSA) is 87.7 Å². The van der Waals surface area contributed by atoms with Crippen LogP contribution in [0, 0.1) is 11.2 Å². The number of amidine groups is 1. The molecule has 4 N–H and O–H groups in total. The van der Waals surface area contributed by atoms with E-state index in [0.29, 0.717) is 10.0 Å². The number of hydrogen-bond donors (Lipinski definition) is 3. The number of nitrogens with two attached hydrogens (primary N) is 1. The van der Waals surface area contributed by atoms with Crippen molar-refractivity contribution < 1.29 is 14.4 Å². The number of hydrogen-bond acceptors (Lipinski definition) is 3. The quantitative estimate of drug-likeness (QED) is 0.341. The first-order valence-corrected chi connectivity index (χ1v) is 6.28. The van der Waals surface area contributed by atoms with Crippen molar-refractivity contribution in [2.24, 2.45) is 16.3 Å². The molecule has 1 aromatic carbocycles. The molecule has 0 bridgehead atoms. The molecule has 0 aliphatic heterocycles. The lowest BCUT2D eigenvalue weighted by Crippen LogP contribution is -2.42. The van der Waals surface area contributed by atoms with Crippen LogP contribution >= 0.6 is 15.9 Å². The Hall–Kier alpha value is -1.63. The first kappa shape index (κ1) is 15.4. The summed E-state index contributed by atoms with van der Waals surface area (Å²) in [5, 5.41) is 14.2. The number of halogens is 2. The van der Waals surface area contributed by atoms with E-state index in [1.807, 2.05) is 0 Å². The van der Waals surface area contributed by atoms with Crippen LogP contribution in [0.2, 0.25) is 0 Å². The van der Waals surface area contributed by atoms with Crippen molar-refractivity contribution >= 4 is 27.7 Å². The maximum atomic E-state index is 12.9. The molecule has 0 aliphatic carbocycles. The number of carbonyl (C=O) groups is 1. The van der Waals surface area contributed by atoms with Gasteiger partial charge >= 0.3 is 0 Å². The Kier molecular flexibility index (Phi) is 4.88. The van der Waals surface area contributed by atoms with Gasteiger partial charge < -0.3 is 16.3 Å². The minimum absolute atomic E-state index is 0.0194. The summed E-state index contributed by atoms with van der Waals surface area (Å²) in [6.45, 7) is 3.63. The predicted molar refractivity (Wildman–Crippen MR) is 73.6 cm³/mol. The third-order valence-electron chi connectivity index (χ3n) is 2.67. The Morgan fingerprint density at radius 3 is 2.74 bits per heavy atom. The van der Waals surface area contributed by atoms with Crippen LogP contribution in [0.15, 0.2) is 27.8 Å². The first-order chi connectivity index (χ1) is 8.77. The number of amides is 1. The van der Waals surface area contributed by atoms with Gasteiger partial charge in [0.2, 0.25) is 0 Å². The molecule has 0 aromatic heterocycles. The zero-order chi connectivity index (χ0) is 14.6. The van der Waals surface area contributed by atoms with E-state index in [-0.39, 0.29) is 18.3 Å². The van der Waals surface area contributed by atoms with Crippen molar-refractivity contribution in [3.63, 3.8) is 0 Å². The maximum Gasteiger partial charge on any atom is 0.252 e. The molecule has 0 spiro atoms. The lowest BCUT2D eigenvalue weighted by molar-refractivity contribution is 0.0943. The van der Waals surface area contributed by atoms with E-state index in [4.69, 9.17) is 10.9 Å². The van der Waals surface area contributed by atoms with Crippen molar-refractivity contribution in [3.8, 4) is 0 Å². The fraction of sp³-hybridized carbons (Fsp3) is 0.333. The molecular formula is C12H15BrFN3O2. The Bertz CT molecular complexity index is 518. The SMILES string of the molecule is CC(C)(CNC(=O)c1ccc(F)cc1Br)/C(N)=N/O. The molecule has 7 heteroatoms. The van der Waals surface area contributed by atoms with Gasteiger partial charge in [0.05, 0.1) is 5.56 Å². The van der Waals surface area contributed by atoms with Crippen LogP contribution in [-0.4, -0.2) is 23.5 Å². The zero-order valence-corrected chi connectivity index (χ0v) is 12.2. The summed E-state index contributed by atoms with van der Waals surface area (Å²) >= 11 is 3.12. The van der Waals surface area contributed by atoms with Gasteiger partial charge in [-0.1, -0.05) is 19.0 Å². The maximum absolute atomic E-state index is 12.9. The number of nitrogens with zero attached hydrogens (tertiary/aromatic N) is 1. The Balaban J connectivity index is 2.76. The summed E-state index contributed by atoms with van der Waals surface area (Å²) in [6.07, 6.45) is 0. The number of rotatable bonds is 4. The van der Waals surface area contributed by atoms with E-state index in [2.05, 4.69) is 26.4 Å². The average Bonchev–Trinajstić information content (AvgIpc) is 2.35. The monoisotopic (exact) mass is 331 g/mol. The summed E-state index contributed by atoms with van der Waals surface area (Å²) in [4.78, 5) is 11.9. The second kappa shape index (κ2) is 6.01. The van der Waals surface area contributed by atoms with Crippen LogP contribution in [0.1, 0.15) is 24.2 Å². The largest absolute Gasteiger partial charge is 0.409 e. The molecule has 0 radical (unpaired) electrons. The molecule has 19 heavy (non-hydrogen) atoms. The van der Waals surface area contributed by atoms with Crippen LogP contribution < -0.4 is 11.1 Å². The standard InChI is InChI=1S/C12H15BrFN3O2/c1-12(2,11(15)17-19)6-16-10(18)8-4-3-7(14)5-9(8)13/h3-5,19H,6H2,1-2H3,(H2,15,17)(H,16,18). The van der Waals surface area contributed by atoms with E-state index in [0.717, 1.165) is 0 Å². The average molecular weight is 332 g/mol. The van der Waals surface area contributed by atoms with Crippen molar-refractivity contribution in [1.29, 1.82) is 0 Å². The molecule has 0 saturated carbocycles. The van der Waals surface area contributed by atoms with Crippen LogP contribution in [0.25, 0.3) is 0 Å². The van der Waals surface area contributed by atoms with E-state index in [1.54, 1.807) is 13.8 Å². The molecule has 5 nitrogen and oxygen atoms in total. The highest BCUT2D eigenvalue weighted by Crippen LogP contribution is 2.19. The fourth-order valence-corrected chi connectivity index (χ4v) is 1.83. The van der Waals surface area contributed by atoms with Crippen molar-refractivity contribution in [1.82, 2.24) is 5.32 Å². The minimum atomic E-state index is -0.684. The minimum Gasteiger partial charge on any atom is -0.409 e. The lowest BCUT2D eigenvalue weighted by Gasteiger charge is -2.23. The van der Waals surface area contributed by atoms with Gasteiger partial charge in [0.25, 0.3) is 5.91 Å². The van der Waals surface area contributed by atoms with Crippen molar-refractivity contribution in [3.05, 3.63) is 34.1 Å². The highest BCUT2D eigenvalue weighted by atomic mass is 79.9. The van der Waals surface area contributed by atoms with Crippen LogP contribution in [-0.2, 0) is 0 Å². The van der Waals surface area contributed by atoms with Crippen LogP contribution in [0.3, 0.4) is 0 Å². The van der Waals surface area contributed by atoms with E-state index in [9.17, 15) is 9.18 Å². The van der Waals surface area contributed by atoms with Gasteiger partial charge in [-0.15, -0.1) is 0 Å². The van der Waals surface area contributed by atoms with Gasteiger partial charge in [0, 0.05) is 16.4 Å². The Morgan fingerprint density at radius 2 is 2.21 bits per heavy atom. The second-order valence-corrected chi connectivity index (χ2v) is 5.53. The molecular weight excluding hydrogens is 317 g/mol. The Morgan fingerprint density at radius 1 is 1.58 bits per heavy atom. The number of nitrogens with one attached hydrogen (secondary N) is 1. The van der Waals surface area contributed by atoms with Gasteiger partial charge in [0.1, 0.15) is 11.7 Å². The number of carbonyl (C=O) groups excluding carboxylic acids is 1. The van der Waals surface area contributed by atoms with Crippen molar-refractivity contribution in [2.45, 2.75) is 13.8 Å². The summed E-state index contributed by atoms with van der Waals surface area (Å²) in [5.74, 6) is -0.780. The highest BCUT2D eigenvalue weighted by molar-refractivity contribution is 9.10. The molecule has 0 saturated heterocycles. The third-order valence-corrected chi connectivity index (χ3v) is 3.32. The molecule has 0 heterocycles. The van der Waals surface area contributed by atoms with E-state index in [1.165, 1.54) is 18.2 Å². The molecule has 0 atom stereocenters. The van der Waals surface area contributed by atoms with E-state index < -0.39 is 11.2 Å². The summed E-state index contributed by atoms with van der Waals surface area (Å²) in [6, 6.07) is 3.79. The highest BCUT2D eigenvalue weighted by Gasteiger charge is 2.24. The molecule has 0 fully saturated rings. The summed E-state index contributed by atoms with van der Waals surface area (Å²) in [7, 11) is 0. The lowest BCUT2D eigenvalue weighted by atomic mass is 9.92. The zero-order valence-electron chi connectivity index (χ0n) is 10.6. The normalized spacial score (nSPS) is 12.3. The molecule has 0 aliphatic rings. The summed E-state index contributed by atoms with van der Waals surface area (Å²) < 4.78 is 13.3. The van der Waals surface area contributed by atoms with Crippen LogP contribution in [0.4, 0.5) is 4.39 Å². The molecule has 0 unspecified atom stereocenters. The van der Waals surface area contributed by atoms with Crippen LogP contribution in [0.5, 0.6) is 0 Å². The van der Waals surface area contributed by atoms with Gasteiger partial charge in [-0.05, 0) is 34.1 Å². The van der Waals surface area contributed by atoms with Gasteiger partial charge in [-0.25, -0.2) is 4.39 Å². The van der Waals surface area contributed by atoms with E-state index >= 15 is 0 Å². The molecule has 1 rings (SSSR count). The summed E-state index contributed by atoms with van der Waals surface area (Å²) in [5.41, 5.74) is 5.15. The number of oxime groups is 1. The van der Waals surface area contributed by atoms with Crippen molar-refractivity contribution in [2.75, 3.05) is 6.54 Å². The van der Waals surface area contributed by atoms with Gasteiger partial charge in [-0.2, -0.15) is 0 Å². The smallest absolute Gasteiger partial charge is 0.252 e.